The molecule has 1 unspecified atom stereocenters. The summed E-state index contributed by atoms with van der Waals surface area (Å²) in [4.78, 5) is 10.9. The summed E-state index contributed by atoms with van der Waals surface area (Å²) in [6, 6.07) is 9.03. The number of aliphatic carboxylic acids is 1. The van der Waals surface area contributed by atoms with Gasteiger partial charge in [-0.05, 0) is 41.8 Å². The molecule has 0 spiro atoms. The van der Waals surface area contributed by atoms with Gasteiger partial charge < -0.3 is 20.7 Å². The van der Waals surface area contributed by atoms with Gasteiger partial charge in [0.1, 0.15) is 17.5 Å². The van der Waals surface area contributed by atoms with Crippen molar-refractivity contribution in [3.63, 3.8) is 0 Å². The van der Waals surface area contributed by atoms with Gasteiger partial charge in [-0.3, -0.25) is 4.79 Å². The second-order valence-electron chi connectivity index (χ2n) is 4.86. The van der Waals surface area contributed by atoms with Gasteiger partial charge in [-0.2, -0.15) is 0 Å². The molecule has 0 aliphatic carbocycles. The summed E-state index contributed by atoms with van der Waals surface area (Å²) in [5.74, 6) is -0.505. The van der Waals surface area contributed by atoms with Gasteiger partial charge in [0.2, 0.25) is 0 Å². The minimum atomic E-state index is -1.08. The molecule has 0 saturated carbocycles. The number of rotatable bonds is 5. The molecule has 22 heavy (non-hydrogen) atoms. The van der Waals surface area contributed by atoms with Crippen molar-refractivity contribution in [2.75, 3.05) is 7.11 Å². The lowest BCUT2D eigenvalue weighted by atomic mass is 9.98. The van der Waals surface area contributed by atoms with Crippen molar-refractivity contribution in [2.45, 2.75) is 12.5 Å². The number of carboxylic acids is 1. The number of hydrogen-bond acceptors (Lipinski definition) is 4. The zero-order valence-corrected chi connectivity index (χ0v) is 12.7. The molecule has 5 nitrogen and oxygen atoms in total. The Hall–Kier alpha value is -2.24. The van der Waals surface area contributed by atoms with E-state index in [1.165, 1.54) is 7.11 Å². The molecule has 2 rings (SSSR count). The number of carboxylic acid groups (broad SMARTS) is 1. The van der Waals surface area contributed by atoms with E-state index >= 15 is 0 Å². The molecule has 0 heterocycles. The van der Waals surface area contributed by atoms with Crippen LogP contribution in [0.5, 0.6) is 11.5 Å². The van der Waals surface area contributed by atoms with Crippen molar-refractivity contribution in [2.24, 2.45) is 5.73 Å². The summed E-state index contributed by atoms with van der Waals surface area (Å²) in [7, 11) is 1.50. The molecule has 2 aromatic rings. The molecule has 6 heteroatoms. The van der Waals surface area contributed by atoms with Crippen LogP contribution in [0.1, 0.15) is 5.56 Å². The van der Waals surface area contributed by atoms with Crippen molar-refractivity contribution < 1.29 is 19.7 Å². The molecule has 0 aliphatic rings. The van der Waals surface area contributed by atoms with Crippen molar-refractivity contribution in [3.8, 4) is 22.6 Å². The van der Waals surface area contributed by atoms with E-state index in [9.17, 15) is 9.90 Å². The Morgan fingerprint density at radius 2 is 2.09 bits per heavy atom. The minimum absolute atomic E-state index is 0.114. The highest BCUT2D eigenvalue weighted by atomic mass is 35.5. The van der Waals surface area contributed by atoms with Crippen LogP contribution in [-0.4, -0.2) is 29.3 Å². The van der Waals surface area contributed by atoms with Crippen LogP contribution in [0, 0.1) is 0 Å². The van der Waals surface area contributed by atoms with Crippen LogP contribution in [0.15, 0.2) is 36.4 Å². The molecule has 0 amide bonds. The summed E-state index contributed by atoms with van der Waals surface area (Å²) >= 11 is 6.21. The monoisotopic (exact) mass is 321 g/mol. The molecule has 1 atom stereocenters. The number of methoxy groups -OCH3 is 1. The number of carbonyl (C=O) groups is 1. The van der Waals surface area contributed by atoms with Crippen LogP contribution in [0.2, 0.25) is 5.02 Å². The zero-order chi connectivity index (χ0) is 16.3. The Bertz CT molecular complexity index is 703. The first-order valence-corrected chi connectivity index (χ1v) is 6.94. The normalized spacial score (nSPS) is 12.0. The van der Waals surface area contributed by atoms with Gasteiger partial charge in [-0.1, -0.05) is 23.7 Å². The minimum Gasteiger partial charge on any atom is -0.508 e. The van der Waals surface area contributed by atoms with E-state index in [-0.39, 0.29) is 12.2 Å². The third-order valence-corrected chi connectivity index (χ3v) is 3.52. The van der Waals surface area contributed by atoms with E-state index in [2.05, 4.69) is 0 Å². The lowest BCUT2D eigenvalue weighted by Gasteiger charge is -2.14. The largest absolute Gasteiger partial charge is 0.508 e. The van der Waals surface area contributed by atoms with E-state index in [0.717, 1.165) is 0 Å². The van der Waals surface area contributed by atoms with Crippen LogP contribution >= 0.6 is 11.6 Å². The van der Waals surface area contributed by atoms with Gasteiger partial charge >= 0.3 is 5.97 Å². The van der Waals surface area contributed by atoms with Crippen molar-refractivity contribution in [3.05, 3.63) is 47.0 Å². The van der Waals surface area contributed by atoms with E-state index in [1.807, 2.05) is 0 Å². The maximum atomic E-state index is 10.9. The van der Waals surface area contributed by atoms with Crippen LogP contribution in [-0.2, 0) is 11.2 Å². The molecule has 116 valence electrons. The highest BCUT2D eigenvalue weighted by Gasteiger charge is 2.17. The Morgan fingerprint density at radius 3 is 2.68 bits per heavy atom. The number of phenolic OH excluding ortho intramolecular Hbond substituents is 1. The molecule has 0 fully saturated rings. The number of aromatic hydroxyl groups is 1. The number of benzene rings is 2. The fourth-order valence-corrected chi connectivity index (χ4v) is 2.52. The summed E-state index contributed by atoms with van der Waals surface area (Å²) in [5.41, 5.74) is 7.63. The summed E-state index contributed by atoms with van der Waals surface area (Å²) in [5, 5.41) is 18.9. The van der Waals surface area contributed by atoms with Gasteiger partial charge in [-0.15, -0.1) is 0 Å². The first-order valence-electron chi connectivity index (χ1n) is 6.56. The average molecular weight is 322 g/mol. The van der Waals surface area contributed by atoms with Gasteiger partial charge in [-0.25, -0.2) is 0 Å². The molecule has 2 aromatic carbocycles. The van der Waals surface area contributed by atoms with Gasteiger partial charge in [0.15, 0.2) is 0 Å². The van der Waals surface area contributed by atoms with Crippen LogP contribution in [0.3, 0.4) is 0 Å². The maximum Gasteiger partial charge on any atom is 0.320 e. The number of phenols is 1. The Kier molecular flexibility index (Phi) is 4.90. The average Bonchev–Trinajstić information content (AvgIpc) is 2.46. The Balaban J connectivity index is 2.51. The Labute approximate surface area is 132 Å². The molecule has 4 N–H and O–H groups in total. The molecule has 0 radical (unpaired) electrons. The highest BCUT2D eigenvalue weighted by molar-refractivity contribution is 6.32. The van der Waals surface area contributed by atoms with Crippen molar-refractivity contribution >= 4 is 17.6 Å². The first-order chi connectivity index (χ1) is 10.4. The number of hydrogen-bond donors (Lipinski definition) is 3. The maximum absolute atomic E-state index is 10.9. The molecular formula is C16H16ClNO4. The van der Waals surface area contributed by atoms with E-state index < -0.39 is 12.0 Å². The third kappa shape index (κ3) is 3.50. The predicted molar refractivity (Wildman–Crippen MR) is 84.4 cm³/mol. The number of ether oxygens (including phenoxy) is 1. The standard InChI is InChI=1S/C16H16ClNO4/c1-22-15-12(10-3-2-4-11(19)8-10)5-9(6-13(15)17)7-14(18)16(20)21/h2-6,8,14,19H,7,18H2,1H3,(H,20,21). The number of nitrogens with two attached hydrogens (primary N) is 1. The lowest BCUT2D eigenvalue weighted by molar-refractivity contribution is -0.138. The molecule has 0 saturated heterocycles. The van der Waals surface area contributed by atoms with E-state index in [4.69, 9.17) is 27.2 Å². The summed E-state index contributed by atoms with van der Waals surface area (Å²) in [6.07, 6.45) is 0.144. The smallest absolute Gasteiger partial charge is 0.320 e. The SMILES string of the molecule is COc1c(Cl)cc(CC(N)C(=O)O)cc1-c1cccc(O)c1. The lowest BCUT2D eigenvalue weighted by Crippen LogP contribution is -2.32. The number of halogens is 1. The summed E-state index contributed by atoms with van der Waals surface area (Å²) in [6.45, 7) is 0. The van der Waals surface area contributed by atoms with E-state index in [0.29, 0.717) is 27.5 Å². The van der Waals surface area contributed by atoms with Crippen LogP contribution in [0.4, 0.5) is 0 Å². The molecule has 0 aliphatic heterocycles. The molecular weight excluding hydrogens is 306 g/mol. The fraction of sp³-hybridized carbons (Fsp3) is 0.188. The van der Waals surface area contributed by atoms with Crippen LogP contribution < -0.4 is 10.5 Å². The van der Waals surface area contributed by atoms with Gasteiger partial charge in [0.25, 0.3) is 0 Å². The van der Waals surface area contributed by atoms with Crippen LogP contribution in [0.25, 0.3) is 11.1 Å². The second kappa shape index (κ2) is 6.68. The van der Waals surface area contributed by atoms with E-state index in [1.54, 1.807) is 36.4 Å². The van der Waals surface area contributed by atoms with Gasteiger partial charge in [0, 0.05) is 5.56 Å². The third-order valence-electron chi connectivity index (χ3n) is 3.24. The fourth-order valence-electron chi connectivity index (χ4n) is 2.20. The Morgan fingerprint density at radius 1 is 1.36 bits per heavy atom. The topological polar surface area (TPSA) is 92.8 Å². The highest BCUT2D eigenvalue weighted by Crippen LogP contribution is 2.38. The van der Waals surface area contributed by atoms with Crippen molar-refractivity contribution in [1.82, 2.24) is 0 Å². The van der Waals surface area contributed by atoms with Crippen molar-refractivity contribution in [1.29, 1.82) is 0 Å². The van der Waals surface area contributed by atoms with Gasteiger partial charge in [0.05, 0.1) is 12.1 Å². The first kappa shape index (κ1) is 16.1. The molecule has 0 aromatic heterocycles. The summed E-state index contributed by atoms with van der Waals surface area (Å²) < 4.78 is 5.32. The predicted octanol–water partition coefficient (Wildman–Crippen LogP) is 2.68. The second-order valence-corrected chi connectivity index (χ2v) is 5.26. The quantitative estimate of drug-likeness (QED) is 0.787. The molecule has 0 bridgehead atoms. The zero-order valence-electron chi connectivity index (χ0n) is 11.9.